The molecule has 1 atom stereocenters. The van der Waals surface area contributed by atoms with Gasteiger partial charge in [-0.05, 0) is 12.1 Å². The summed E-state index contributed by atoms with van der Waals surface area (Å²) in [5.74, 6) is 1.76. The van der Waals surface area contributed by atoms with Gasteiger partial charge in [-0.1, -0.05) is 12.1 Å². The zero-order valence-electron chi connectivity index (χ0n) is 11.9. The van der Waals surface area contributed by atoms with Crippen molar-refractivity contribution in [1.29, 1.82) is 5.41 Å². The summed E-state index contributed by atoms with van der Waals surface area (Å²) in [7, 11) is 1.66. The number of ether oxygens (including phenoxy) is 2. The van der Waals surface area contributed by atoms with Crippen molar-refractivity contribution in [2.45, 2.75) is 6.10 Å². The van der Waals surface area contributed by atoms with E-state index in [1.54, 1.807) is 13.3 Å². The van der Waals surface area contributed by atoms with E-state index in [1.807, 2.05) is 24.3 Å². The third-order valence-electron chi connectivity index (χ3n) is 3.68. The summed E-state index contributed by atoms with van der Waals surface area (Å²) in [6.07, 6.45) is 1.40. The number of anilines is 1. The van der Waals surface area contributed by atoms with E-state index in [4.69, 9.17) is 20.6 Å². The van der Waals surface area contributed by atoms with Crippen LogP contribution in [0.5, 0.6) is 5.75 Å². The van der Waals surface area contributed by atoms with Crippen LogP contribution in [-0.4, -0.2) is 43.7 Å². The number of nitrogens with zero attached hydrogens (tertiary/aromatic N) is 2. The van der Waals surface area contributed by atoms with E-state index >= 15 is 0 Å². The maximum Gasteiger partial charge on any atom is 0.136 e. The minimum Gasteiger partial charge on any atom is -0.496 e. The van der Waals surface area contributed by atoms with Gasteiger partial charge in [0.25, 0.3) is 0 Å². The number of amidine groups is 1. The van der Waals surface area contributed by atoms with Crippen molar-refractivity contribution in [3.63, 3.8) is 0 Å². The molecular weight excluding hydrogens is 268 g/mol. The molecule has 110 valence electrons. The average molecular weight is 286 g/mol. The fourth-order valence-electron chi connectivity index (χ4n) is 2.62. The van der Waals surface area contributed by atoms with E-state index in [0.29, 0.717) is 13.2 Å². The second-order valence-electron chi connectivity index (χ2n) is 4.95. The van der Waals surface area contributed by atoms with Crippen LogP contribution in [0.1, 0.15) is 0 Å². The van der Waals surface area contributed by atoms with E-state index in [2.05, 4.69) is 9.88 Å². The predicted octanol–water partition coefficient (Wildman–Crippen LogP) is 1.38. The highest BCUT2D eigenvalue weighted by Crippen LogP contribution is 2.31. The zero-order valence-corrected chi connectivity index (χ0v) is 11.9. The highest BCUT2D eigenvalue weighted by atomic mass is 16.5. The van der Waals surface area contributed by atoms with Gasteiger partial charge in [-0.2, -0.15) is 0 Å². The topological polar surface area (TPSA) is 84.5 Å². The number of benzene rings is 1. The van der Waals surface area contributed by atoms with Gasteiger partial charge < -0.3 is 20.1 Å². The number of methoxy groups -OCH3 is 1. The summed E-state index contributed by atoms with van der Waals surface area (Å²) in [5.41, 5.74) is 5.56. The first kappa shape index (κ1) is 13.6. The van der Waals surface area contributed by atoms with Gasteiger partial charge in [0.1, 0.15) is 23.5 Å². The molecule has 1 unspecified atom stereocenters. The number of rotatable bonds is 3. The van der Waals surface area contributed by atoms with Crippen LogP contribution in [0.4, 0.5) is 5.82 Å². The van der Waals surface area contributed by atoms with Crippen molar-refractivity contribution in [2.24, 2.45) is 5.73 Å². The van der Waals surface area contributed by atoms with Gasteiger partial charge in [0.2, 0.25) is 0 Å². The van der Waals surface area contributed by atoms with E-state index in [9.17, 15) is 0 Å². The minimum absolute atomic E-state index is 0.0533. The zero-order chi connectivity index (χ0) is 14.8. The molecule has 1 fully saturated rings. The highest BCUT2D eigenvalue weighted by Gasteiger charge is 2.24. The lowest BCUT2D eigenvalue weighted by Gasteiger charge is -2.33. The lowest BCUT2D eigenvalue weighted by atomic mass is 10.1. The van der Waals surface area contributed by atoms with Crippen LogP contribution >= 0.6 is 0 Å². The summed E-state index contributed by atoms with van der Waals surface area (Å²) in [5, 5.41) is 9.61. The molecule has 0 saturated carbocycles. The first-order valence-electron chi connectivity index (χ1n) is 6.83. The maximum absolute atomic E-state index is 7.55. The van der Waals surface area contributed by atoms with Gasteiger partial charge in [0, 0.05) is 23.5 Å². The third kappa shape index (κ3) is 2.50. The average Bonchev–Trinajstić information content (AvgIpc) is 2.53. The van der Waals surface area contributed by atoms with Gasteiger partial charge in [-0.3, -0.25) is 5.41 Å². The van der Waals surface area contributed by atoms with Crippen LogP contribution in [0.15, 0.2) is 30.5 Å². The van der Waals surface area contributed by atoms with Gasteiger partial charge in [0.15, 0.2) is 0 Å². The van der Waals surface area contributed by atoms with Gasteiger partial charge in [-0.25, -0.2) is 4.98 Å². The maximum atomic E-state index is 7.55. The summed E-state index contributed by atoms with van der Waals surface area (Å²) >= 11 is 0. The largest absolute Gasteiger partial charge is 0.496 e. The number of nitrogens with one attached hydrogen (secondary N) is 1. The lowest BCUT2D eigenvalue weighted by Crippen LogP contribution is -2.48. The van der Waals surface area contributed by atoms with Gasteiger partial charge in [-0.15, -0.1) is 0 Å². The molecule has 1 aromatic heterocycles. The quantitative estimate of drug-likeness (QED) is 0.658. The van der Waals surface area contributed by atoms with E-state index in [1.165, 1.54) is 0 Å². The van der Waals surface area contributed by atoms with Crippen LogP contribution in [0.3, 0.4) is 0 Å². The van der Waals surface area contributed by atoms with Gasteiger partial charge in [0.05, 0.1) is 20.3 Å². The number of fused-ring (bicyclic) bond motifs is 1. The molecule has 0 aliphatic carbocycles. The molecule has 1 aromatic carbocycles. The molecule has 0 radical (unpaired) electrons. The third-order valence-corrected chi connectivity index (χ3v) is 3.68. The normalized spacial score (nSPS) is 18.7. The number of morpholine rings is 1. The first-order chi connectivity index (χ1) is 10.2. The predicted molar refractivity (Wildman–Crippen MR) is 82.2 cm³/mol. The molecule has 3 N–H and O–H groups in total. The smallest absolute Gasteiger partial charge is 0.136 e. The van der Waals surface area contributed by atoms with Crippen LogP contribution in [0.2, 0.25) is 0 Å². The molecule has 2 heterocycles. The molecule has 6 nitrogen and oxygen atoms in total. The molecular formula is C15H18N4O2. The fourth-order valence-corrected chi connectivity index (χ4v) is 2.62. The van der Waals surface area contributed by atoms with Crippen LogP contribution < -0.4 is 15.4 Å². The summed E-state index contributed by atoms with van der Waals surface area (Å²) in [4.78, 5) is 6.61. The van der Waals surface area contributed by atoms with Crippen LogP contribution in [0, 0.1) is 5.41 Å². The monoisotopic (exact) mass is 286 g/mol. The Bertz CT molecular complexity index is 674. The second kappa shape index (κ2) is 5.57. The number of aromatic nitrogens is 1. The van der Waals surface area contributed by atoms with Gasteiger partial charge >= 0.3 is 0 Å². The van der Waals surface area contributed by atoms with Crippen molar-refractivity contribution >= 4 is 22.4 Å². The lowest BCUT2D eigenvalue weighted by molar-refractivity contribution is 0.0824. The van der Waals surface area contributed by atoms with Crippen molar-refractivity contribution in [1.82, 2.24) is 4.98 Å². The first-order valence-corrected chi connectivity index (χ1v) is 6.83. The highest BCUT2D eigenvalue weighted by molar-refractivity contribution is 5.96. The van der Waals surface area contributed by atoms with Crippen LogP contribution in [-0.2, 0) is 4.74 Å². The van der Waals surface area contributed by atoms with Crippen molar-refractivity contribution in [2.75, 3.05) is 31.7 Å². The molecule has 0 spiro atoms. The Hall–Kier alpha value is -2.34. The SMILES string of the molecule is COc1cccc2c(N3CCOC(C(=N)N)C3)nccc12. The van der Waals surface area contributed by atoms with Crippen molar-refractivity contribution in [3.05, 3.63) is 30.5 Å². The van der Waals surface area contributed by atoms with E-state index in [-0.39, 0.29) is 11.9 Å². The Labute approximate surface area is 123 Å². The molecule has 0 amide bonds. The molecule has 1 saturated heterocycles. The number of hydrogen-bond acceptors (Lipinski definition) is 5. The number of nitrogens with two attached hydrogens (primary N) is 1. The molecule has 0 bridgehead atoms. The number of hydrogen-bond donors (Lipinski definition) is 2. The molecule has 21 heavy (non-hydrogen) atoms. The molecule has 1 aliphatic heterocycles. The Balaban J connectivity index is 2.02. The Morgan fingerprint density at radius 3 is 3.05 bits per heavy atom. The Kier molecular flexibility index (Phi) is 3.62. The summed E-state index contributed by atoms with van der Waals surface area (Å²) in [6.45, 7) is 1.80. The molecule has 1 aliphatic rings. The van der Waals surface area contributed by atoms with E-state index < -0.39 is 0 Å². The molecule has 6 heteroatoms. The molecule has 2 aromatic rings. The second-order valence-corrected chi connectivity index (χ2v) is 4.95. The molecule has 3 rings (SSSR count). The Morgan fingerprint density at radius 1 is 1.43 bits per heavy atom. The number of pyridine rings is 1. The summed E-state index contributed by atoms with van der Waals surface area (Å²) < 4.78 is 10.9. The fraction of sp³-hybridized carbons (Fsp3) is 0.333. The van der Waals surface area contributed by atoms with Crippen LogP contribution in [0.25, 0.3) is 10.8 Å². The minimum atomic E-state index is -0.374. The summed E-state index contributed by atoms with van der Waals surface area (Å²) in [6, 6.07) is 7.86. The Morgan fingerprint density at radius 2 is 2.29 bits per heavy atom. The van der Waals surface area contributed by atoms with E-state index in [0.717, 1.165) is 28.9 Å². The van der Waals surface area contributed by atoms with Crippen molar-refractivity contribution < 1.29 is 9.47 Å². The standard InChI is InChI=1S/C15H18N4O2/c1-20-12-4-2-3-11-10(12)5-6-18-15(11)19-7-8-21-13(9-19)14(16)17/h2-6,13H,7-9H2,1H3,(H3,16,17). The van der Waals surface area contributed by atoms with Crippen molar-refractivity contribution in [3.8, 4) is 5.75 Å².